The van der Waals surface area contributed by atoms with Gasteiger partial charge >= 0.3 is 0 Å². The van der Waals surface area contributed by atoms with Crippen LogP contribution in [-0.2, 0) is 4.79 Å². The lowest BCUT2D eigenvalue weighted by Crippen LogP contribution is -2.35. The lowest BCUT2D eigenvalue weighted by molar-refractivity contribution is -0.133. The standard InChI is InChI=1S/C15H28N2O/c1-4-5-6-7-16-8-13-10-17(11-14(13)9-16)15(18)12(2)3/h12-14H,4-11H2,1-3H3. The van der Waals surface area contributed by atoms with Gasteiger partial charge in [-0.1, -0.05) is 33.6 Å². The van der Waals surface area contributed by atoms with Gasteiger partial charge in [-0.3, -0.25) is 4.79 Å². The van der Waals surface area contributed by atoms with Crippen molar-refractivity contribution in [2.24, 2.45) is 17.8 Å². The molecule has 0 aromatic heterocycles. The van der Waals surface area contributed by atoms with Crippen LogP contribution >= 0.6 is 0 Å². The monoisotopic (exact) mass is 252 g/mol. The van der Waals surface area contributed by atoms with Gasteiger partial charge in [0, 0.05) is 32.1 Å². The van der Waals surface area contributed by atoms with Crippen molar-refractivity contribution in [3.05, 3.63) is 0 Å². The van der Waals surface area contributed by atoms with Crippen molar-refractivity contribution in [2.45, 2.75) is 40.0 Å². The summed E-state index contributed by atoms with van der Waals surface area (Å²) in [5, 5.41) is 0. The van der Waals surface area contributed by atoms with E-state index in [1.54, 1.807) is 0 Å². The Bertz CT molecular complexity index is 276. The van der Waals surface area contributed by atoms with Crippen LogP contribution in [0, 0.1) is 17.8 Å². The van der Waals surface area contributed by atoms with E-state index in [9.17, 15) is 4.79 Å². The zero-order valence-electron chi connectivity index (χ0n) is 12.2. The number of hydrogen-bond donors (Lipinski definition) is 0. The van der Waals surface area contributed by atoms with Crippen LogP contribution in [0.3, 0.4) is 0 Å². The molecule has 2 aliphatic heterocycles. The Balaban J connectivity index is 1.75. The maximum Gasteiger partial charge on any atom is 0.225 e. The Hall–Kier alpha value is -0.570. The second kappa shape index (κ2) is 6.05. The van der Waals surface area contributed by atoms with Crippen LogP contribution in [0.1, 0.15) is 40.0 Å². The number of unbranched alkanes of at least 4 members (excludes halogenated alkanes) is 2. The fraction of sp³-hybridized carbons (Fsp3) is 0.933. The number of rotatable bonds is 5. The van der Waals surface area contributed by atoms with Gasteiger partial charge in [-0.25, -0.2) is 0 Å². The van der Waals surface area contributed by atoms with Gasteiger partial charge in [0.2, 0.25) is 5.91 Å². The molecule has 0 saturated carbocycles. The molecule has 0 aliphatic carbocycles. The van der Waals surface area contributed by atoms with E-state index < -0.39 is 0 Å². The second-order valence-electron chi connectivity index (χ2n) is 6.38. The maximum atomic E-state index is 12.0. The minimum Gasteiger partial charge on any atom is -0.342 e. The van der Waals surface area contributed by atoms with Gasteiger partial charge in [0.15, 0.2) is 0 Å². The molecule has 0 radical (unpaired) electrons. The predicted octanol–water partition coefficient (Wildman–Crippen LogP) is 2.22. The Morgan fingerprint density at radius 3 is 2.22 bits per heavy atom. The third-order valence-electron chi connectivity index (χ3n) is 4.45. The molecule has 0 aromatic rings. The predicted molar refractivity (Wildman–Crippen MR) is 74.4 cm³/mol. The van der Waals surface area contributed by atoms with E-state index in [1.807, 2.05) is 13.8 Å². The largest absolute Gasteiger partial charge is 0.342 e. The van der Waals surface area contributed by atoms with Gasteiger partial charge < -0.3 is 9.80 Å². The number of likely N-dealkylation sites (tertiary alicyclic amines) is 2. The van der Waals surface area contributed by atoms with Crippen molar-refractivity contribution in [3.8, 4) is 0 Å². The summed E-state index contributed by atoms with van der Waals surface area (Å²) in [7, 11) is 0. The highest BCUT2D eigenvalue weighted by Crippen LogP contribution is 2.31. The molecule has 2 fully saturated rings. The van der Waals surface area contributed by atoms with Crippen molar-refractivity contribution in [1.82, 2.24) is 9.80 Å². The highest BCUT2D eigenvalue weighted by atomic mass is 16.2. The molecule has 1 amide bonds. The molecule has 0 N–H and O–H groups in total. The van der Waals surface area contributed by atoms with Gasteiger partial charge in [0.25, 0.3) is 0 Å². The molecule has 2 aliphatic rings. The molecule has 104 valence electrons. The highest BCUT2D eigenvalue weighted by molar-refractivity contribution is 5.78. The summed E-state index contributed by atoms with van der Waals surface area (Å²) in [6, 6.07) is 0. The van der Waals surface area contributed by atoms with Crippen LogP contribution < -0.4 is 0 Å². The summed E-state index contributed by atoms with van der Waals surface area (Å²) in [4.78, 5) is 16.7. The average Bonchev–Trinajstić information content (AvgIpc) is 2.85. The molecule has 18 heavy (non-hydrogen) atoms. The summed E-state index contributed by atoms with van der Waals surface area (Å²) in [5.74, 6) is 2.00. The molecule has 2 unspecified atom stereocenters. The highest BCUT2D eigenvalue weighted by Gasteiger charge is 2.41. The average molecular weight is 252 g/mol. The smallest absolute Gasteiger partial charge is 0.225 e. The Labute approximate surface area is 112 Å². The van der Waals surface area contributed by atoms with E-state index >= 15 is 0 Å². The summed E-state index contributed by atoms with van der Waals surface area (Å²) in [6.45, 7) is 12.0. The van der Waals surface area contributed by atoms with Crippen LogP contribution in [0.2, 0.25) is 0 Å². The summed E-state index contributed by atoms with van der Waals surface area (Å²) >= 11 is 0. The first-order valence-electron chi connectivity index (χ1n) is 7.63. The van der Waals surface area contributed by atoms with Crippen LogP contribution in [0.4, 0.5) is 0 Å². The number of carbonyl (C=O) groups is 1. The van der Waals surface area contributed by atoms with Gasteiger partial charge in [-0.05, 0) is 24.8 Å². The van der Waals surface area contributed by atoms with Crippen LogP contribution in [0.25, 0.3) is 0 Å². The summed E-state index contributed by atoms with van der Waals surface area (Å²) in [5.41, 5.74) is 0. The molecular formula is C15H28N2O. The first-order valence-corrected chi connectivity index (χ1v) is 7.63. The molecule has 2 heterocycles. The quantitative estimate of drug-likeness (QED) is 0.701. The van der Waals surface area contributed by atoms with Gasteiger partial charge in [0.1, 0.15) is 0 Å². The number of fused-ring (bicyclic) bond motifs is 1. The van der Waals surface area contributed by atoms with Crippen molar-refractivity contribution in [2.75, 3.05) is 32.7 Å². The number of carbonyl (C=O) groups excluding carboxylic acids is 1. The number of amides is 1. The topological polar surface area (TPSA) is 23.6 Å². The molecule has 2 saturated heterocycles. The van der Waals surface area contributed by atoms with Crippen LogP contribution in [-0.4, -0.2) is 48.4 Å². The van der Waals surface area contributed by atoms with Crippen molar-refractivity contribution >= 4 is 5.91 Å². The zero-order valence-corrected chi connectivity index (χ0v) is 12.2. The number of nitrogens with zero attached hydrogens (tertiary/aromatic N) is 2. The number of hydrogen-bond acceptors (Lipinski definition) is 2. The van der Waals surface area contributed by atoms with Crippen LogP contribution in [0.5, 0.6) is 0 Å². The Morgan fingerprint density at radius 1 is 1.11 bits per heavy atom. The Morgan fingerprint density at radius 2 is 1.72 bits per heavy atom. The molecule has 0 spiro atoms. The van der Waals surface area contributed by atoms with E-state index in [-0.39, 0.29) is 5.92 Å². The van der Waals surface area contributed by atoms with E-state index in [0.717, 1.165) is 24.9 Å². The fourth-order valence-corrected chi connectivity index (χ4v) is 3.40. The van der Waals surface area contributed by atoms with E-state index in [0.29, 0.717) is 5.91 Å². The molecule has 0 aromatic carbocycles. The third-order valence-corrected chi connectivity index (χ3v) is 4.45. The zero-order chi connectivity index (χ0) is 13.1. The SMILES string of the molecule is CCCCCN1CC2CN(C(=O)C(C)C)CC2C1. The molecule has 0 bridgehead atoms. The van der Waals surface area contributed by atoms with Gasteiger partial charge in [-0.2, -0.15) is 0 Å². The van der Waals surface area contributed by atoms with Crippen LogP contribution in [0.15, 0.2) is 0 Å². The molecule has 3 heteroatoms. The van der Waals surface area contributed by atoms with E-state index in [4.69, 9.17) is 0 Å². The lowest BCUT2D eigenvalue weighted by atomic mass is 10.0. The summed E-state index contributed by atoms with van der Waals surface area (Å²) < 4.78 is 0. The molecule has 2 rings (SSSR count). The fourth-order valence-electron chi connectivity index (χ4n) is 3.40. The van der Waals surface area contributed by atoms with Gasteiger partial charge in [0.05, 0.1) is 0 Å². The maximum absolute atomic E-state index is 12.0. The van der Waals surface area contributed by atoms with E-state index in [1.165, 1.54) is 38.9 Å². The minimum atomic E-state index is 0.157. The van der Waals surface area contributed by atoms with Crippen molar-refractivity contribution in [1.29, 1.82) is 0 Å². The molecule has 2 atom stereocenters. The van der Waals surface area contributed by atoms with Gasteiger partial charge in [-0.15, -0.1) is 0 Å². The summed E-state index contributed by atoms with van der Waals surface area (Å²) in [6.07, 6.45) is 3.99. The lowest BCUT2D eigenvalue weighted by Gasteiger charge is -2.22. The van der Waals surface area contributed by atoms with Crippen molar-refractivity contribution in [3.63, 3.8) is 0 Å². The van der Waals surface area contributed by atoms with Crippen molar-refractivity contribution < 1.29 is 4.79 Å². The normalized spacial score (nSPS) is 28.1. The first kappa shape index (κ1) is 13.9. The molecule has 3 nitrogen and oxygen atoms in total. The first-order chi connectivity index (χ1) is 8.61. The molecular weight excluding hydrogens is 224 g/mol. The third kappa shape index (κ3) is 3.05. The van der Waals surface area contributed by atoms with E-state index in [2.05, 4.69) is 16.7 Å². The minimum absolute atomic E-state index is 0.157. The Kier molecular flexibility index (Phi) is 4.66. The second-order valence-corrected chi connectivity index (χ2v) is 6.38.